The topological polar surface area (TPSA) is 40.6 Å². The van der Waals surface area contributed by atoms with Crippen LogP contribution in [0.4, 0.5) is 8.78 Å². The van der Waals surface area contributed by atoms with Gasteiger partial charge in [-0.3, -0.25) is 9.59 Å². The molecule has 2 rings (SSSR count). The summed E-state index contributed by atoms with van der Waals surface area (Å²) in [6.45, 7) is 1.30. The standard InChI is InChI=1S/C19H26F2N2O2/c1-22(2)18(24)10-11-19(25)23-12-4-5-14(13-23)8-9-15-16(20)6-3-7-17(15)21/h3,6-7,14H,4-5,8-13H2,1-2H3. The Bertz CT molecular complexity index is 599. The van der Waals surface area contributed by atoms with E-state index in [0.29, 0.717) is 25.9 Å². The maximum Gasteiger partial charge on any atom is 0.223 e. The van der Waals surface area contributed by atoms with Crippen LogP contribution < -0.4 is 0 Å². The van der Waals surface area contributed by atoms with Crippen molar-refractivity contribution in [1.29, 1.82) is 0 Å². The summed E-state index contributed by atoms with van der Waals surface area (Å²) in [5, 5.41) is 0. The fourth-order valence-corrected chi connectivity index (χ4v) is 3.24. The predicted molar refractivity (Wildman–Crippen MR) is 91.9 cm³/mol. The van der Waals surface area contributed by atoms with Gasteiger partial charge in [-0.15, -0.1) is 0 Å². The van der Waals surface area contributed by atoms with Crippen molar-refractivity contribution in [3.63, 3.8) is 0 Å². The number of rotatable bonds is 6. The highest BCUT2D eigenvalue weighted by Crippen LogP contribution is 2.24. The molecule has 1 fully saturated rings. The summed E-state index contributed by atoms with van der Waals surface area (Å²) in [6, 6.07) is 3.91. The van der Waals surface area contributed by atoms with Crippen LogP contribution in [0.15, 0.2) is 18.2 Å². The lowest BCUT2D eigenvalue weighted by atomic mass is 9.91. The second-order valence-corrected chi connectivity index (χ2v) is 6.88. The number of hydrogen-bond acceptors (Lipinski definition) is 2. The first-order valence-corrected chi connectivity index (χ1v) is 8.79. The Morgan fingerprint density at radius 1 is 1.20 bits per heavy atom. The summed E-state index contributed by atoms with van der Waals surface area (Å²) in [5.74, 6) is -0.855. The highest BCUT2D eigenvalue weighted by atomic mass is 19.1. The molecule has 138 valence electrons. The Morgan fingerprint density at radius 3 is 2.52 bits per heavy atom. The molecule has 0 spiro atoms. The van der Waals surface area contributed by atoms with Gasteiger partial charge in [-0.1, -0.05) is 6.07 Å². The molecule has 6 heteroatoms. The number of nitrogens with zero attached hydrogens (tertiary/aromatic N) is 2. The Morgan fingerprint density at radius 2 is 1.88 bits per heavy atom. The molecule has 1 aromatic carbocycles. The molecule has 0 bridgehead atoms. The monoisotopic (exact) mass is 352 g/mol. The van der Waals surface area contributed by atoms with Crippen LogP contribution in [0.5, 0.6) is 0 Å². The van der Waals surface area contributed by atoms with E-state index in [9.17, 15) is 18.4 Å². The molecule has 1 unspecified atom stereocenters. The van der Waals surface area contributed by atoms with Crippen LogP contribution in [0.3, 0.4) is 0 Å². The number of amides is 2. The van der Waals surface area contributed by atoms with E-state index in [1.165, 1.54) is 23.1 Å². The fraction of sp³-hybridized carbons (Fsp3) is 0.579. The minimum absolute atomic E-state index is 0.0167. The van der Waals surface area contributed by atoms with E-state index in [2.05, 4.69) is 0 Å². The van der Waals surface area contributed by atoms with Gasteiger partial charge in [0.2, 0.25) is 11.8 Å². The third-order valence-electron chi connectivity index (χ3n) is 4.79. The SMILES string of the molecule is CN(C)C(=O)CCC(=O)N1CCCC(CCc2c(F)cccc2F)C1. The molecule has 0 N–H and O–H groups in total. The highest BCUT2D eigenvalue weighted by Gasteiger charge is 2.24. The van der Waals surface area contributed by atoms with E-state index in [1.807, 2.05) is 0 Å². The lowest BCUT2D eigenvalue weighted by Crippen LogP contribution is -2.40. The van der Waals surface area contributed by atoms with Crippen molar-refractivity contribution in [2.45, 2.75) is 38.5 Å². The van der Waals surface area contributed by atoms with Crippen molar-refractivity contribution in [3.8, 4) is 0 Å². The van der Waals surface area contributed by atoms with Crippen LogP contribution in [0, 0.1) is 17.6 Å². The van der Waals surface area contributed by atoms with Crippen LogP contribution in [0.25, 0.3) is 0 Å². The molecule has 2 amide bonds. The maximum absolute atomic E-state index is 13.7. The van der Waals surface area contributed by atoms with E-state index in [-0.39, 0.29) is 36.1 Å². The summed E-state index contributed by atoms with van der Waals surface area (Å²) in [6.07, 6.45) is 3.26. The van der Waals surface area contributed by atoms with Crippen molar-refractivity contribution >= 4 is 11.8 Å². The normalized spacial score (nSPS) is 17.4. The zero-order chi connectivity index (χ0) is 18.4. The first-order valence-electron chi connectivity index (χ1n) is 8.79. The molecule has 1 heterocycles. The molecule has 4 nitrogen and oxygen atoms in total. The van der Waals surface area contributed by atoms with Gasteiger partial charge in [-0.25, -0.2) is 8.78 Å². The number of carbonyl (C=O) groups excluding carboxylic acids is 2. The molecule has 1 aromatic rings. The van der Waals surface area contributed by atoms with Gasteiger partial charge in [0.25, 0.3) is 0 Å². The Kier molecular flexibility index (Phi) is 6.91. The quantitative estimate of drug-likeness (QED) is 0.790. The highest BCUT2D eigenvalue weighted by molar-refractivity contribution is 5.83. The summed E-state index contributed by atoms with van der Waals surface area (Å²) in [7, 11) is 3.34. The summed E-state index contributed by atoms with van der Waals surface area (Å²) in [5.41, 5.74) is 0.127. The van der Waals surface area contributed by atoms with Gasteiger partial charge in [0, 0.05) is 45.6 Å². The number of benzene rings is 1. The number of piperidine rings is 1. The van der Waals surface area contributed by atoms with Gasteiger partial charge < -0.3 is 9.80 Å². The molecule has 0 radical (unpaired) electrons. The lowest BCUT2D eigenvalue weighted by Gasteiger charge is -2.33. The first kappa shape index (κ1) is 19.3. The molecule has 1 atom stereocenters. The van der Waals surface area contributed by atoms with Gasteiger partial charge in [0.1, 0.15) is 11.6 Å². The average Bonchev–Trinajstić information content (AvgIpc) is 2.59. The van der Waals surface area contributed by atoms with Crippen LogP contribution >= 0.6 is 0 Å². The van der Waals surface area contributed by atoms with Gasteiger partial charge in [-0.2, -0.15) is 0 Å². The molecule has 1 saturated heterocycles. The van der Waals surface area contributed by atoms with E-state index in [4.69, 9.17) is 0 Å². The van der Waals surface area contributed by atoms with E-state index >= 15 is 0 Å². The molecular formula is C19H26F2N2O2. The fourth-order valence-electron chi connectivity index (χ4n) is 3.24. The minimum atomic E-state index is -0.508. The van der Waals surface area contributed by atoms with Gasteiger partial charge in [0.05, 0.1) is 0 Å². The van der Waals surface area contributed by atoms with Crippen molar-refractivity contribution in [2.75, 3.05) is 27.2 Å². The average molecular weight is 352 g/mol. The van der Waals surface area contributed by atoms with E-state index in [0.717, 1.165) is 12.8 Å². The van der Waals surface area contributed by atoms with Crippen LogP contribution in [-0.2, 0) is 16.0 Å². The van der Waals surface area contributed by atoms with Crippen LogP contribution in [-0.4, -0.2) is 48.8 Å². The predicted octanol–water partition coefficient (Wildman–Crippen LogP) is 3.00. The van der Waals surface area contributed by atoms with Gasteiger partial charge in [-0.05, 0) is 43.7 Å². The molecule has 0 saturated carbocycles. The van der Waals surface area contributed by atoms with Crippen molar-refractivity contribution < 1.29 is 18.4 Å². The van der Waals surface area contributed by atoms with E-state index < -0.39 is 11.6 Å². The molecular weight excluding hydrogens is 326 g/mol. The lowest BCUT2D eigenvalue weighted by molar-refractivity contribution is -0.137. The summed E-state index contributed by atoms with van der Waals surface area (Å²) < 4.78 is 27.4. The zero-order valence-corrected chi connectivity index (χ0v) is 14.9. The van der Waals surface area contributed by atoms with E-state index in [1.54, 1.807) is 19.0 Å². The minimum Gasteiger partial charge on any atom is -0.349 e. The van der Waals surface area contributed by atoms with Crippen molar-refractivity contribution in [3.05, 3.63) is 35.4 Å². The number of halogens is 2. The smallest absolute Gasteiger partial charge is 0.223 e. The molecule has 0 aromatic heterocycles. The zero-order valence-electron chi connectivity index (χ0n) is 14.9. The van der Waals surface area contributed by atoms with Gasteiger partial charge in [0.15, 0.2) is 0 Å². The van der Waals surface area contributed by atoms with Crippen LogP contribution in [0.2, 0.25) is 0 Å². The van der Waals surface area contributed by atoms with Crippen molar-refractivity contribution in [2.24, 2.45) is 5.92 Å². The maximum atomic E-state index is 13.7. The second-order valence-electron chi connectivity index (χ2n) is 6.88. The van der Waals surface area contributed by atoms with Gasteiger partial charge >= 0.3 is 0 Å². The molecule has 1 aliphatic rings. The second kappa shape index (κ2) is 8.92. The number of hydrogen-bond donors (Lipinski definition) is 0. The Hall–Kier alpha value is -1.98. The molecule has 1 aliphatic heterocycles. The summed E-state index contributed by atoms with van der Waals surface area (Å²) in [4.78, 5) is 27.2. The molecule has 25 heavy (non-hydrogen) atoms. The number of carbonyl (C=O) groups is 2. The van der Waals surface area contributed by atoms with Crippen LogP contribution in [0.1, 0.15) is 37.7 Å². The number of likely N-dealkylation sites (tertiary alicyclic amines) is 1. The first-order chi connectivity index (χ1) is 11.9. The third kappa shape index (κ3) is 5.51. The third-order valence-corrected chi connectivity index (χ3v) is 4.79. The Labute approximate surface area is 147 Å². The Balaban J connectivity index is 1.84. The largest absolute Gasteiger partial charge is 0.349 e. The summed E-state index contributed by atoms with van der Waals surface area (Å²) >= 11 is 0. The van der Waals surface area contributed by atoms with Crippen molar-refractivity contribution in [1.82, 2.24) is 9.80 Å². The molecule has 0 aliphatic carbocycles.